The molecule has 1 aromatic carbocycles. The summed E-state index contributed by atoms with van der Waals surface area (Å²) in [7, 11) is 0. The van der Waals surface area contributed by atoms with Gasteiger partial charge in [0.2, 0.25) is 0 Å². The molecule has 0 aliphatic rings. The molecule has 116 valence electrons. The van der Waals surface area contributed by atoms with Gasteiger partial charge in [-0.05, 0) is 12.5 Å². The lowest BCUT2D eigenvalue weighted by molar-refractivity contribution is 0.00723. The van der Waals surface area contributed by atoms with Gasteiger partial charge >= 0.3 is 11.9 Å². The molecular weight excluding hydrogens is 290 g/mol. The van der Waals surface area contributed by atoms with E-state index in [1.165, 1.54) is 0 Å². The summed E-state index contributed by atoms with van der Waals surface area (Å²) in [4.78, 5) is 19.4. The second kappa shape index (κ2) is 6.60. The topological polar surface area (TPSA) is 52.1 Å². The van der Waals surface area contributed by atoms with Crippen LogP contribution in [0.1, 0.15) is 41.3 Å². The number of hydrogen-bond acceptors (Lipinski definition) is 4. The van der Waals surface area contributed by atoms with Gasteiger partial charge in [-0.25, -0.2) is 14.8 Å². The first-order valence-corrected chi connectivity index (χ1v) is 6.87. The van der Waals surface area contributed by atoms with Crippen molar-refractivity contribution in [1.82, 2.24) is 9.97 Å². The largest absolute Gasteiger partial charge is 0.462 e. The molecule has 0 amide bonds. The van der Waals surface area contributed by atoms with E-state index >= 15 is 0 Å². The molecule has 0 aliphatic heterocycles. The third-order valence-corrected chi connectivity index (χ3v) is 2.97. The zero-order chi connectivity index (χ0) is 16.2. The summed E-state index contributed by atoms with van der Waals surface area (Å²) in [6.07, 6.45) is 1.36. The van der Waals surface area contributed by atoms with Crippen LogP contribution in [0, 0.1) is 0 Å². The molecule has 2 rings (SSSR count). The maximum Gasteiger partial charge on any atom is 0.341 e. The smallest absolute Gasteiger partial charge is 0.341 e. The van der Waals surface area contributed by atoms with Crippen LogP contribution in [0.15, 0.2) is 36.5 Å². The van der Waals surface area contributed by atoms with Crippen molar-refractivity contribution >= 4 is 5.97 Å². The fourth-order valence-electron chi connectivity index (χ4n) is 1.93. The van der Waals surface area contributed by atoms with E-state index in [4.69, 9.17) is 4.74 Å². The molecule has 0 fully saturated rings. The number of halogens is 2. The van der Waals surface area contributed by atoms with Gasteiger partial charge in [-0.1, -0.05) is 30.3 Å². The van der Waals surface area contributed by atoms with Crippen LogP contribution >= 0.6 is 0 Å². The molecule has 22 heavy (non-hydrogen) atoms. The van der Waals surface area contributed by atoms with Gasteiger partial charge in [0.15, 0.2) is 5.82 Å². The molecule has 0 aliphatic carbocycles. The van der Waals surface area contributed by atoms with E-state index in [0.717, 1.165) is 18.7 Å². The first-order chi connectivity index (χ1) is 10.4. The summed E-state index contributed by atoms with van der Waals surface area (Å²) in [5.74, 6) is -4.38. The molecule has 0 N–H and O–H groups in total. The van der Waals surface area contributed by atoms with Crippen LogP contribution < -0.4 is 0 Å². The Kier molecular flexibility index (Phi) is 4.80. The lowest BCUT2D eigenvalue weighted by Crippen LogP contribution is -2.18. The molecule has 0 spiro atoms. The third-order valence-electron chi connectivity index (χ3n) is 2.97. The van der Waals surface area contributed by atoms with Crippen molar-refractivity contribution in [3.8, 4) is 0 Å². The standard InChI is InChI=1S/C16H16F2N2O2/c1-3-22-14(21)12-10-19-15(16(2,17)18)20-13(12)9-11-7-5-4-6-8-11/h4-8,10H,3,9H2,1-2H3. The molecular formula is C16H16F2N2O2. The minimum absolute atomic E-state index is 0.110. The highest BCUT2D eigenvalue weighted by atomic mass is 19.3. The minimum Gasteiger partial charge on any atom is -0.462 e. The van der Waals surface area contributed by atoms with Crippen molar-refractivity contribution in [2.75, 3.05) is 6.61 Å². The molecule has 0 unspecified atom stereocenters. The predicted molar refractivity (Wildman–Crippen MR) is 76.8 cm³/mol. The average Bonchev–Trinajstić information content (AvgIpc) is 2.47. The monoisotopic (exact) mass is 306 g/mol. The van der Waals surface area contributed by atoms with Crippen LogP contribution in [0.25, 0.3) is 0 Å². The van der Waals surface area contributed by atoms with Crippen LogP contribution in [-0.4, -0.2) is 22.5 Å². The lowest BCUT2D eigenvalue weighted by Gasteiger charge is -2.13. The van der Waals surface area contributed by atoms with Gasteiger partial charge in [0, 0.05) is 19.5 Å². The molecule has 0 bridgehead atoms. The first kappa shape index (κ1) is 16.0. The van der Waals surface area contributed by atoms with Crippen LogP contribution in [0.3, 0.4) is 0 Å². The Balaban J connectivity index is 2.43. The van der Waals surface area contributed by atoms with Crippen LogP contribution in [-0.2, 0) is 17.1 Å². The summed E-state index contributed by atoms with van der Waals surface area (Å²) in [6.45, 7) is 2.58. The van der Waals surface area contributed by atoms with Gasteiger partial charge in [-0.3, -0.25) is 0 Å². The van der Waals surface area contributed by atoms with Crippen LogP contribution in [0.5, 0.6) is 0 Å². The predicted octanol–water partition coefficient (Wildman–Crippen LogP) is 3.36. The number of aromatic nitrogens is 2. The highest BCUT2D eigenvalue weighted by Gasteiger charge is 2.30. The summed E-state index contributed by atoms with van der Waals surface area (Å²) >= 11 is 0. The van der Waals surface area contributed by atoms with Crippen molar-refractivity contribution in [2.24, 2.45) is 0 Å². The summed E-state index contributed by atoms with van der Waals surface area (Å²) in [5.41, 5.74) is 1.20. The highest BCUT2D eigenvalue weighted by molar-refractivity contribution is 5.90. The molecule has 2 aromatic rings. The summed E-state index contributed by atoms with van der Waals surface area (Å²) < 4.78 is 31.8. The second-order valence-corrected chi connectivity index (χ2v) is 4.83. The Morgan fingerprint density at radius 1 is 1.27 bits per heavy atom. The molecule has 1 aromatic heterocycles. The minimum atomic E-state index is -3.17. The Labute approximate surface area is 127 Å². The van der Waals surface area contributed by atoms with E-state index in [2.05, 4.69) is 9.97 Å². The lowest BCUT2D eigenvalue weighted by atomic mass is 10.1. The van der Waals surface area contributed by atoms with Gasteiger partial charge in [-0.2, -0.15) is 8.78 Å². The molecule has 0 saturated carbocycles. The van der Waals surface area contributed by atoms with Crippen molar-refractivity contribution in [3.63, 3.8) is 0 Å². The zero-order valence-corrected chi connectivity index (χ0v) is 12.3. The van der Waals surface area contributed by atoms with E-state index in [0.29, 0.717) is 0 Å². The second-order valence-electron chi connectivity index (χ2n) is 4.83. The average molecular weight is 306 g/mol. The molecule has 0 saturated heterocycles. The Hall–Kier alpha value is -2.37. The van der Waals surface area contributed by atoms with E-state index in [-0.39, 0.29) is 24.3 Å². The fourth-order valence-corrected chi connectivity index (χ4v) is 1.93. The fraction of sp³-hybridized carbons (Fsp3) is 0.312. The molecule has 0 radical (unpaired) electrons. The van der Waals surface area contributed by atoms with Crippen LogP contribution in [0.4, 0.5) is 8.78 Å². The van der Waals surface area contributed by atoms with Gasteiger partial charge < -0.3 is 4.74 Å². The van der Waals surface area contributed by atoms with Gasteiger partial charge in [0.05, 0.1) is 17.9 Å². The number of nitrogens with zero attached hydrogens (tertiary/aromatic N) is 2. The Morgan fingerprint density at radius 3 is 2.55 bits per heavy atom. The van der Waals surface area contributed by atoms with E-state index < -0.39 is 17.7 Å². The maximum absolute atomic E-state index is 13.4. The molecule has 6 heteroatoms. The van der Waals surface area contributed by atoms with E-state index in [1.54, 1.807) is 6.92 Å². The number of carbonyl (C=O) groups is 1. The number of carbonyl (C=O) groups excluding carboxylic acids is 1. The van der Waals surface area contributed by atoms with E-state index in [9.17, 15) is 13.6 Å². The SMILES string of the molecule is CCOC(=O)c1cnc(C(C)(F)F)nc1Cc1ccccc1. The van der Waals surface area contributed by atoms with Crippen molar-refractivity contribution in [3.05, 3.63) is 59.2 Å². The van der Waals surface area contributed by atoms with E-state index in [1.807, 2.05) is 30.3 Å². The van der Waals surface area contributed by atoms with Crippen molar-refractivity contribution in [2.45, 2.75) is 26.2 Å². The molecule has 1 heterocycles. The maximum atomic E-state index is 13.4. The quantitative estimate of drug-likeness (QED) is 0.795. The number of hydrogen-bond donors (Lipinski definition) is 0. The molecule has 0 atom stereocenters. The number of alkyl halides is 2. The number of rotatable bonds is 5. The normalized spacial score (nSPS) is 11.3. The van der Waals surface area contributed by atoms with Crippen LogP contribution in [0.2, 0.25) is 0 Å². The first-order valence-electron chi connectivity index (χ1n) is 6.87. The third kappa shape index (κ3) is 3.84. The number of esters is 1. The Morgan fingerprint density at radius 2 is 1.95 bits per heavy atom. The molecule has 4 nitrogen and oxygen atoms in total. The van der Waals surface area contributed by atoms with Gasteiger partial charge in [0.1, 0.15) is 0 Å². The number of benzene rings is 1. The summed E-state index contributed by atoms with van der Waals surface area (Å²) in [5, 5.41) is 0. The summed E-state index contributed by atoms with van der Waals surface area (Å²) in [6, 6.07) is 9.18. The van der Waals surface area contributed by atoms with Gasteiger partial charge in [-0.15, -0.1) is 0 Å². The van der Waals surface area contributed by atoms with Crippen molar-refractivity contribution < 1.29 is 18.3 Å². The highest BCUT2D eigenvalue weighted by Crippen LogP contribution is 2.25. The number of ether oxygens (including phenoxy) is 1. The van der Waals surface area contributed by atoms with Gasteiger partial charge in [0.25, 0.3) is 0 Å². The Bertz CT molecular complexity index is 655. The van der Waals surface area contributed by atoms with Crippen molar-refractivity contribution in [1.29, 1.82) is 0 Å². The zero-order valence-electron chi connectivity index (χ0n) is 12.3.